The number of aliphatic hydroxyl groups excluding tert-OH is 1. The molecule has 0 fully saturated rings. The third-order valence-electron chi connectivity index (χ3n) is 2.79. The van der Waals surface area contributed by atoms with Crippen LogP contribution >= 0.6 is 34.8 Å². The Bertz CT molecular complexity index is 580. The molecule has 98 valence electrons. The van der Waals surface area contributed by atoms with Gasteiger partial charge in [0.2, 0.25) is 0 Å². The van der Waals surface area contributed by atoms with Gasteiger partial charge in [-0.05, 0) is 12.1 Å². The van der Waals surface area contributed by atoms with Crippen molar-refractivity contribution in [2.45, 2.75) is 13.2 Å². The van der Waals surface area contributed by atoms with E-state index in [4.69, 9.17) is 39.5 Å². The quantitative estimate of drug-likeness (QED) is 0.933. The van der Waals surface area contributed by atoms with E-state index in [9.17, 15) is 5.11 Å². The molecule has 0 radical (unpaired) electrons. The number of hydrogen-bond acceptors (Lipinski definition) is 2. The molecule has 0 saturated heterocycles. The van der Waals surface area contributed by atoms with Gasteiger partial charge in [0.15, 0.2) is 0 Å². The predicted octanol–water partition coefficient (Wildman–Crippen LogP) is 3.74. The van der Waals surface area contributed by atoms with Crippen LogP contribution in [0.4, 0.5) is 0 Å². The lowest BCUT2D eigenvalue weighted by atomic mass is 10.2. The number of aromatic nitrogens is 1. The summed E-state index contributed by atoms with van der Waals surface area (Å²) in [5.41, 5.74) is 1.40. The van der Waals surface area contributed by atoms with Crippen molar-refractivity contribution in [3.63, 3.8) is 0 Å². The van der Waals surface area contributed by atoms with Crippen molar-refractivity contribution in [3.05, 3.63) is 32.9 Å². The Morgan fingerprint density at radius 3 is 2.61 bits per heavy atom. The fourth-order valence-electron chi connectivity index (χ4n) is 1.99. The molecule has 0 saturated carbocycles. The zero-order valence-corrected chi connectivity index (χ0v) is 12.0. The molecular weight excluding hydrogens is 296 g/mol. The third-order valence-corrected chi connectivity index (χ3v) is 3.72. The number of nitrogens with zero attached hydrogens (tertiary/aromatic N) is 1. The molecule has 1 N–H and O–H groups in total. The minimum Gasteiger partial charge on any atom is -0.392 e. The molecule has 1 aromatic carbocycles. The molecular formula is C12H12Cl3NO2. The Kier molecular flexibility index (Phi) is 4.41. The Morgan fingerprint density at radius 1 is 1.28 bits per heavy atom. The van der Waals surface area contributed by atoms with E-state index < -0.39 is 0 Å². The van der Waals surface area contributed by atoms with Gasteiger partial charge in [-0.25, -0.2) is 0 Å². The Balaban J connectivity index is 2.72. The van der Waals surface area contributed by atoms with E-state index in [1.165, 1.54) is 0 Å². The van der Waals surface area contributed by atoms with Gasteiger partial charge in [0.1, 0.15) is 5.15 Å². The molecule has 0 amide bonds. The average molecular weight is 309 g/mol. The summed E-state index contributed by atoms with van der Waals surface area (Å²) in [6.07, 6.45) is 0. The van der Waals surface area contributed by atoms with Crippen LogP contribution in [0.25, 0.3) is 10.9 Å². The number of methoxy groups -OCH3 is 1. The normalized spacial score (nSPS) is 11.4. The number of benzene rings is 1. The molecule has 2 rings (SSSR count). The lowest BCUT2D eigenvalue weighted by Crippen LogP contribution is -2.04. The van der Waals surface area contributed by atoms with E-state index in [0.717, 1.165) is 10.9 Å². The van der Waals surface area contributed by atoms with Gasteiger partial charge < -0.3 is 14.4 Å². The van der Waals surface area contributed by atoms with Gasteiger partial charge in [0, 0.05) is 29.6 Å². The van der Waals surface area contributed by atoms with Gasteiger partial charge in [0.25, 0.3) is 0 Å². The second-order valence-corrected chi connectivity index (χ2v) is 5.06. The molecule has 18 heavy (non-hydrogen) atoms. The van der Waals surface area contributed by atoms with E-state index in [-0.39, 0.29) is 6.61 Å². The summed E-state index contributed by atoms with van der Waals surface area (Å²) in [5.74, 6) is 0. The minimum atomic E-state index is -0.161. The van der Waals surface area contributed by atoms with Crippen LogP contribution in [-0.4, -0.2) is 23.4 Å². The highest BCUT2D eigenvalue weighted by atomic mass is 35.5. The van der Waals surface area contributed by atoms with Gasteiger partial charge in [-0.3, -0.25) is 0 Å². The third kappa shape index (κ3) is 2.33. The van der Waals surface area contributed by atoms with E-state index >= 15 is 0 Å². The molecule has 0 spiro atoms. The summed E-state index contributed by atoms with van der Waals surface area (Å²) in [7, 11) is 1.62. The summed E-state index contributed by atoms with van der Waals surface area (Å²) in [4.78, 5) is 0. The fraction of sp³-hybridized carbons (Fsp3) is 0.333. The number of fused-ring (bicyclic) bond motifs is 1. The summed E-state index contributed by atoms with van der Waals surface area (Å²) in [6, 6.07) is 3.41. The second-order valence-electron chi connectivity index (χ2n) is 3.86. The maximum absolute atomic E-state index is 9.42. The van der Waals surface area contributed by atoms with Crippen LogP contribution in [0.15, 0.2) is 12.1 Å². The van der Waals surface area contributed by atoms with E-state index in [0.29, 0.717) is 33.9 Å². The zero-order chi connectivity index (χ0) is 13.3. The van der Waals surface area contributed by atoms with Crippen LogP contribution in [0.5, 0.6) is 0 Å². The highest BCUT2D eigenvalue weighted by Gasteiger charge is 2.17. The Hall–Kier alpha value is -0.450. The fourth-order valence-corrected chi connectivity index (χ4v) is 2.91. The Morgan fingerprint density at radius 2 is 2.00 bits per heavy atom. The number of hydrogen-bond donors (Lipinski definition) is 1. The molecule has 0 bridgehead atoms. The maximum Gasteiger partial charge on any atom is 0.115 e. The molecule has 0 aliphatic rings. The smallest absolute Gasteiger partial charge is 0.115 e. The van der Waals surface area contributed by atoms with Crippen LogP contribution < -0.4 is 0 Å². The average Bonchev–Trinajstić information content (AvgIpc) is 2.58. The summed E-state index contributed by atoms with van der Waals surface area (Å²) < 4.78 is 6.87. The van der Waals surface area contributed by atoms with Crippen molar-refractivity contribution in [2.75, 3.05) is 13.7 Å². The van der Waals surface area contributed by atoms with Crippen molar-refractivity contribution in [1.29, 1.82) is 0 Å². The first kappa shape index (κ1) is 14.0. The minimum absolute atomic E-state index is 0.161. The van der Waals surface area contributed by atoms with Crippen LogP contribution in [0.1, 0.15) is 5.56 Å². The summed E-state index contributed by atoms with van der Waals surface area (Å²) >= 11 is 18.4. The molecule has 2 aromatic rings. The SMILES string of the molecule is COCCn1c(Cl)c(CO)c2cc(Cl)cc(Cl)c21. The van der Waals surface area contributed by atoms with Crippen LogP contribution in [0.2, 0.25) is 15.2 Å². The van der Waals surface area contributed by atoms with Crippen LogP contribution in [0, 0.1) is 0 Å². The molecule has 0 atom stereocenters. The molecule has 6 heteroatoms. The van der Waals surface area contributed by atoms with E-state index in [1.807, 2.05) is 4.57 Å². The number of rotatable bonds is 4. The monoisotopic (exact) mass is 307 g/mol. The maximum atomic E-state index is 9.42. The Labute approximate surface area is 120 Å². The first-order valence-corrected chi connectivity index (χ1v) is 6.49. The highest BCUT2D eigenvalue weighted by Crippen LogP contribution is 2.36. The van der Waals surface area contributed by atoms with Crippen molar-refractivity contribution in [2.24, 2.45) is 0 Å². The number of aliphatic hydroxyl groups is 1. The highest BCUT2D eigenvalue weighted by molar-refractivity contribution is 6.39. The molecule has 0 aliphatic heterocycles. The van der Waals surface area contributed by atoms with Gasteiger partial charge >= 0.3 is 0 Å². The van der Waals surface area contributed by atoms with Crippen molar-refractivity contribution >= 4 is 45.7 Å². The molecule has 1 heterocycles. The van der Waals surface area contributed by atoms with Gasteiger partial charge in [-0.15, -0.1) is 0 Å². The second kappa shape index (κ2) is 5.68. The van der Waals surface area contributed by atoms with Crippen molar-refractivity contribution in [1.82, 2.24) is 4.57 Å². The number of halogens is 3. The lowest BCUT2D eigenvalue weighted by Gasteiger charge is -2.07. The van der Waals surface area contributed by atoms with E-state index in [2.05, 4.69) is 0 Å². The predicted molar refractivity (Wildman–Crippen MR) is 74.8 cm³/mol. The molecule has 3 nitrogen and oxygen atoms in total. The molecule has 1 aromatic heterocycles. The molecule has 0 aliphatic carbocycles. The summed E-state index contributed by atoms with van der Waals surface area (Å²) in [6.45, 7) is 0.909. The summed E-state index contributed by atoms with van der Waals surface area (Å²) in [5, 5.41) is 11.7. The number of ether oxygens (including phenoxy) is 1. The topological polar surface area (TPSA) is 34.4 Å². The molecule has 0 unspecified atom stereocenters. The van der Waals surface area contributed by atoms with Gasteiger partial charge in [-0.1, -0.05) is 34.8 Å². The lowest BCUT2D eigenvalue weighted by molar-refractivity contribution is 0.188. The van der Waals surface area contributed by atoms with Crippen LogP contribution in [0.3, 0.4) is 0 Å². The van der Waals surface area contributed by atoms with Crippen molar-refractivity contribution in [3.8, 4) is 0 Å². The van der Waals surface area contributed by atoms with Gasteiger partial charge in [0.05, 0.1) is 23.8 Å². The van der Waals surface area contributed by atoms with Crippen LogP contribution in [-0.2, 0) is 17.9 Å². The first-order chi connectivity index (χ1) is 8.60. The van der Waals surface area contributed by atoms with Crippen molar-refractivity contribution < 1.29 is 9.84 Å². The first-order valence-electron chi connectivity index (χ1n) is 5.35. The standard InChI is InChI=1S/C12H12Cl3NO2/c1-18-3-2-16-11-8(9(6-17)12(16)15)4-7(13)5-10(11)14/h4-5,17H,2-3,6H2,1H3. The largest absolute Gasteiger partial charge is 0.392 e. The van der Waals surface area contributed by atoms with Gasteiger partial charge in [-0.2, -0.15) is 0 Å². The zero-order valence-electron chi connectivity index (χ0n) is 9.71. The van der Waals surface area contributed by atoms with E-state index in [1.54, 1.807) is 19.2 Å².